The van der Waals surface area contributed by atoms with Gasteiger partial charge in [-0.1, -0.05) is 243 Å². The molecule has 11 heteroatoms. The normalized spacial score (nSPS) is 19.9. The largest absolute Gasteiger partial charge is 0.454 e. The molecule has 11 nitrogen and oxygen atoms in total. The van der Waals surface area contributed by atoms with E-state index in [2.05, 4.69) is 50.4 Å². The number of allylic oxidation sites excluding steroid dienone is 5. The number of hydrogen-bond donors (Lipinski definition) is 6. The number of ether oxygens (including phenoxy) is 3. The first-order chi connectivity index (χ1) is 34.2. The van der Waals surface area contributed by atoms with Crippen LogP contribution in [0.2, 0.25) is 0 Å². The molecule has 0 radical (unpaired) electrons. The Labute approximate surface area is 428 Å². The van der Waals surface area contributed by atoms with Crippen molar-refractivity contribution in [3.8, 4) is 0 Å². The molecule has 0 aliphatic carbocycles. The fraction of sp³-hybridized carbons (Fsp3) is 0.864. The van der Waals surface area contributed by atoms with Gasteiger partial charge in [0.25, 0.3) is 0 Å². The van der Waals surface area contributed by atoms with Gasteiger partial charge >= 0.3 is 5.97 Å². The number of aliphatic hydroxyl groups is 5. The summed E-state index contributed by atoms with van der Waals surface area (Å²) < 4.78 is 17.6. The van der Waals surface area contributed by atoms with Crippen molar-refractivity contribution in [3.05, 3.63) is 36.5 Å². The lowest BCUT2D eigenvalue weighted by atomic mass is 9.99. The van der Waals surface area contributed by atoms with Gasteiger partial charge in [0.15, 0.2) is 12.4 Å². The molecule has 70 heavy (non-hydrogen) atoms. The second kappa shape index (κ2) is 47.9. The highest BCUT2D eigenvalue weighted by atomic mass is 16.7. The molecule has 1 heterocycles. The highest BCUT2D eigenvalue weighted by Crippen LogP contribution is 2.26. The molecule has 1 aliphatic rings. The summed E-state index contributed by atoms with van der Waals surface area (Å²) in [7, 11) is 0. The van der Waals surface area contributed by atoms with Gasteiger partial charge in [0.2, 0.25) is 5.91 Å². The van der Waals surface area contributed by atoms with Gasteiger partial charge in [-0.3, -0.25) is 9.59 Å². The zero-order valence-electron chi connectivity index (χ0n) is 45.1. The van der Waals surface area contributed by atoms with Crippen molar-refractivity contribution in [2.45, 2.75) is 314 Å². The smallest absolute Gasteiger partial charge is 0.306 e. The van der Waals surface area contributed by atoms with E-state index in [4.69, 9.17) is 14.2 Å². The molecule has 6 N–H and O–H groups in total. The number of unbranched alkanes of at least 4 members (excludes halogenated alkanes) is 31. The average molecular weight is 993 g/mol. The third-order valence-electron chi connectivity index (χ3n) is 13.8. The van der Waals surface area contributed by atoms with Crippen molar-refractivity contribution in [1.29, 1.82) is 0 Å². The summed E-state index contributed by atoms with van der Waals surface area (Å²) >= 11 is 0. The molecular weight excluding hydrogens is 883 g/mol. The minimum atomic E-state index is -1.61. The molecule has 0 spiro atoms. The van der Waals surface area contributed by atoms with Crippen LogP contribution >= 0.6 is 0 Å². The van der Waals surface area contributed by atoms with Crippen molar-refractivity contribution in [3.63, 3.8) is 0 Å². The lowest BCUT2D eigenvalue weighted by Gasteiger charge is -2.41. The number of nitrogens with one attached hydrogen (secondary N) is 1. The number of hydrogen-bond acceptors (Lipinski definition) is 10. The molecule has 8 atom stereocenters. The number of carbonyl (C=O) groups excluding carboxylic acids is 2. The van der Waals surface area contributed by atoms with E-state index < -0.39 is 67.4 Å². The molecule has 8 unspecified atom stereocenters. The lowest BCUT2D eigenvalue weighted by molar-refractivity contribution is -0.305. The van der Waals surface area contributed by atoms with Crippen molar-refractivity contribution in [2.24, 2.45) is 0 Å². The minimum Gasteiger partial charge on any atom is -0.454 e. The van der Waals surface area contributed by atoms with E-state index in [1.807, 2.05) is 6.08 Å². The Bertz CT molecular complexity index is 1280. The summed E-state index contributed by atoms with van der Waals surface area (Å²) in [6.07, 6.45) is 44.7. The SMILES string of the molecule is CC/C=C/C/C=C/CCCCCCCCCC(=O)OC1C(OCC(NC(=O)C(O)CCCCCCCCCCCCCCCC)C(O)/C=C/CCCCCCCCCCCCC)OC(CO)C(O)C1O. The molecule has 1 amide bonds. The molecule has 0 aromatic rings. The zero-order valence-corrected chi connectivity index (χ0v) is 45.1. The predicted octanol–water partition coefficient (Wildman–Crippen LogP) is 13.1. The second-order valence-corrected chi connectivity index (χ2v) is 20.4. The van der Waals surface area contributed by atoms with E-state index >= 15 is 0 Å². The molecule has 1 rings (SSSR count). The average Bonchev–Trinajstić information content (AvgIpc) is 3.36. The number of carbonyl (C=O) groups is 2. The molecule has 0 aromatic heterocycles. The fourth-order valence-electron chi connectivity index (χ4n) is 9.16. The summed E-state index contributed by atoms with van der Waals surface area (Å²) in [4.78, 5) is 26.4. The van der Waals surface area contributed by atoms with Gasteiger partial charge in [-0.05, 0) is 51.4 Å². The van der Waals surface area contributed by atoms with E-state index in [0.29, 0.717) is 19.3 Å². The van der Waals surface area contributed by atoms with Gasteiger partial charge in [-0.25, -0.2) is 0 Å². The van der Waals surface area contributed by atoms with Crippen LogP contribution in [0.4, 0.5) is 0 Å². The van der Waals surface area contributed by atoms with Crippen LogP contribution in [0.3, 0.4) is 0 Å². The second-order valence-electron chi connectivity index (χ2n) is 20.4. The van der Waals surface area contributed by atoms with Crippen LogP contribution in [-0.2, 0) is 23.8 Å². The topological polar surface area (TPSA) is 175 Å². The van der Waals surface area contributed by atoms with Crippen LogP contribution in [0.25, 0.3) is 0 Å². The van der Waals surface area contributed by atoms with Crippen molar-refractivity contribution >= 4 is 11.9 Å². The number of rotatable bonds is 49. The Morgan fingerprint density at radius 2 is 1.03 bits per heavy atom. The quantitative estimate of drug-likeness (QED) is 0.0195. The molecule has 0 bridgehead atoms. The maximum Gasteiger partial charge on any atom is 0.306 e. The Hall–Kier alpha value is -2.12. The molecule has 0 aromatic carbocycles. The first kappa shape index (κ1) is 65.9. The zero-order chi connectivity index (χ0) is 51.1. The van der Waals surface area contributed by atoms with Crippen LogP contribution in [-0.4, -0.2) is 99.6 Å². The van der Waals surface area contributed by atoms with Crippen LogP contribution < -0.4 is 5.32 Å². The number of aliphatic hydroxyl groups excluding tert-OH is 5. The summed E-state index contributed by atoms with van der Waals surface area (Å²) in [5.41, 5.74) is 0. The number of amides is 1. The Morgan fingerprint density at radius 3 is 1.53 bits per heavy atom. The van der Waals surface area contributed by atoms with Crippen molar-refractivity contribution in [2.75, 3.05) is 13.2 Å². The van der Waals surface area contributed by atoms with Crippen molar-refractivity contribution in [1.82, 2.24) is 5.32 Å². The summed E-state index contributed by atoms with van der Waals surface area (Å²) in [6.45, 7) is 5.68. The maximum absolute atomic E-state index is 13.4. The van der Waals surface area contributed by atoms with Crippen LogP contribution in [0.15, 0.2) is 36.5 Å². The summed E-state index contributed by atoms with van der Waals surface area (Å²) in [5.74, 6) is -1.20. The Balaban J connectivity index is 2.73. The molecular formula is C59H109NO10. The highest BCUT2D eigenvalue weighted by molar-refractivity contribution is 5.80. The monoisotopic (exact) mass is 992 g/mol. The van der Waals surface area contributed by atoms with Crippen molar-refractivity contribution < 1.29 is 49.3 Å². The molecule has 1 aliphatic heterocycles. The van der Waals surface area contributed by atoms with E-state index in [-0.39, 0.29) is 13.0 Å². The third-order valence-corrected chi connectivity index (χ3v) is 13.8. The predicted molar refractivity (Wildman–Crippen MR) is 287 cm³/mol. The molecule has 1 saturated heterocycles. The van der Waals surface area contributed by atoms with Gasteiger partial charge in [0.05, 0.1) is 25.4 Å². The summed E-state index contributed by atoms with van der Waals surface area (Å²) in [6, 6.07) is -1.02. The minimum absolute atomic E-state index is 0.116. The Kier molecular flexibility index (Phi) is 45.1. The summed E-state index contributed by atoms with van der Waals surface area (Å²) in [5, 5.41) is 56.8. The van der Waals surface area contributed by atoms with Crippen LogP contribution in [0, 0.1) is 0 Å². The van der Waals surface area contributed by atoms with E-state index in [1.165, 1.54) is 135 Å². The molecule has 0 saturated carbocycles. The first-order valence-corrected chi connectivity index (χ1v) is 29.3. The number of esters is 1. The molecule has 410 valence electrons. The van der Waals surface area contributed by atoms with E-state index in [9.17, 15) is 35.1 Å². The van der Waals surface area contributed by atoms with Crippen LogP contribution in [0.1, 0.15) is 265 Å². The van der Waals surface area contributed by atoms with Gasteiger partial charge in [-0.15, -0.1) is 0 Å². The van der Waals surface area contributed by atoms with E-state index in [1.54, 1.807) is 6.08 Å². The van der Waals surface area contributed by atoms with Gasteiger partial charge in [-0.2, -0.15) is 0 Å². The Morgan fingerprint density at radius 1 is 0.571 bits per heavy atom. The van der Waals surface area contributed by atoms with Gasteiger partial charge in [0.1, 0.15) is 24.4 Å². The lowest BCUT2D eigenvalue weighted by Crippen LogP contribution is -2.61. The maximum atomic E-state index is 13.4. The van der Waals surface area contributed by atoms with Gasteiger partial charge in [0, 0.05) is 6.42 Å². The van der Waals surface area contributed by atoms with Crippen LogP contribution in [0.5, 0.6) is 0 Å². The van der Waals surface area contributed by atoms with Gasteiger partial charge < -0.3 is 45.1 Å². The molecule has 1 fully saturated rings. The third kappa shape index (κ3) is 35.9. The standard InChI is InChI=1S/C59H109NO10/c1-4-7-10-13-16-19-22-25-28-31-34-37-40-43-46-52(63)58(67)60-50(51(62)45-42-39-36-33-30-27-24-21-18-15-12-9-6-3)49-68-59-57(56(66)55(65)53(48-61)69-59)70-54(64)47-44-41-38-35-32-29-26-23-20-17-14-11-8-5-2/h8,11,17,20,42,45,50-53,55-57,59,61-63,65-66H,4-7,9-10,12-16,18-19,21-41,43-44,46-49H2,1-3H3,(H,60,67)/b11-8+,20-17+,45-42+. The van der Waals surface area contributed by atoms with E-state index in [0.717, 1.165) is 83.5 Å². The first-order valence-electron chi connectivity index (χ1n) is 29.3. The fourth-order valence-corrected chi connectivity index (χ4v) is 9.16. The highest BCUT2D eigenvalue weighted by Gasteiger charge is 2.47.